The molecule has 0 radical (unpaired) electrons. The standard InChI is InChI=1S/C17H15IN4O4/c18-16-12-6-4-7-10(12)15-14(16)11(6)13(7)17(15)20-19-8-2-1-5(21(23)24)3-9(8)22(25)26/h1-3,6-7,10-16,19H,4H2/b20-17-/t6-,7-,10+,11+,12-,13-,14-,15+,16+/m1/s1. The summed E-state index contributed by atoms with van der Waals surface area (Å²) < 4.78 is 0.758. The van der Waals surface area contributed by atoms with Crippen molar-refractivity contribution in [1.29, 1.82) is 0 Å². The predicted octanol–water partition coefficient (Wildman–Crippen LogP) is 3.46. The van der Waals surface area contributed by atoms with Crippen LogP contribution in [0.1, 0.15) is 6.42 Å². The highest BCUT2D eigenvalue weighted by Crippen LogP contribution is 2.82. The normalized spacial score (nSPS) is 46.8. The summed E-state index contributed by atoms with van der Waals surface area (Å²) in [4.78, 5) is 20.9. The van der Waals surface area contributed by atoms with Gasteiger partial charge in [-0.25, -0.2) is 0 Å². The molecule has 8 nitrogen and oxygen atoms in total. The minimum Gasteiger partial charge on any atom is -0.272 e. The van der Waals surface area contributed by atoms with Crippen molar-refractivity contribution < 1.29 is 9.85 Å². The van der Waals surface area contributed by atoms with Crippen LogP contribution in [0, 0.1) is 67.6 Å². The number of nitrogens with one attached hydrogen (secondary N) is 1. The number of hydrogen-bond donors (Lipinski definition) is 1. The topological polar surface area (TPSA) is 111 Å². The van der Waals surface area contributed by atoms with Crippen molar-refractivity contribution in [3.63, 3.8) is 0 Å². The minimum absolute atomic E-state index is 0.220. The Kier molecular flexibility index (Phi) is 2.78. The fourth-order valence-electron chi connectivity index (χ4n) is 7.38. The van der Waals surface area contributed by atoms with Gasteiger partial charge in [-0.1, -0.05) is 22.6 Å². The second-order valence-corrected chi connectivity index (χ2v) is 9.67. The Bertz CT molecular complexity index is 918. The van der Waals surface area contributed by atoms with Gasteiger partial charge in [0.1, 0.15) is 5.69 Å². The van der Waals surface area contributed by atoms with E-state index in [2.05, 4.69) is 33.1 Å². The van der Waals surface area contributed by atoms with Gasteiger partial charge in [-0.15, -0.1) is 0 Å². The van der Waals surface area contributed by atoms with Crippen molar-refractivity contribution in [1.82, 2.24) is 0 Å². The van der Waals surface area contributed by atoms with Crippen LogP contribution in [0.3, 0.4) is 0 Å². The summed E-state index contributed by atoms with van der Waals surface area (Å²) in [6, 6.07) is 3.65. The lowest BCUT2D eigenvalue weighted by Gasteiger charge is -2.32. The Morgan fingerprint density at radius 3 is 2.50 bits per heavy atom. The van der Waals surface area contributed by atoms with E-state index in [4.69, 9.17) is 0 Å². The molecular weight excluding hydrogens is 451 g/mol. The lowest BCUT2D eigenvalue weighted by atomic mass is 9.71. The van der Waals surface area contributed by atoms with Crippen LogP contribution in [0.5, 0.6) is 0 Å². The van der Waals surface area contributed by atoms with Crippen LogP contribution < -0.4 is 5.43 Å². The molecule has 9 heteroatoms. The monoisotopic (exact) mass is 466 g/mol. The second-order valence-electron chi connectivity index (χ2n) is 8.23. The summed E-state index contributed by atoms with van der Waals surface area (Å²) in [5, 5.41) is 26.8. The molecule has 134 valence electrons. The molecule has 6 aliphatic carbocycles. The fraction of sp³-hybridized carbons (Fsp3) is 0.588. The Morgan fingerprint density at radius 1 is 1.04 bits per heavy atom. The molecule has 0 heterocycles. The van der Waals surface area contributed by atoms with Crippen molar-refractivity contribution >= 4 is 45.4 Å². The number of hydrogen-bond acceptors (Lipinski definition) is 6. The van der Waals surface area contributed by atoms with Crippen LogP contribution in [0.4, 0.5) is 17.1 Å². The molecular formula is C17H15IN4O4. The van der Waals surface area contributed by atoms with Gasteiger partial charge in [0.25, 0.3) is 5.69 Å². The van der Waals surface area contributed by atoms with Crippen molar-refractivity contribution in [2.24, 2.45) is 52.4 Å². The van der Waals surface area contributed by atoms with Crippen LogP contribution >= 0.6 is 22.6 Å². The molecule has 0 spiro atoms. The highest BCUT2D eigenvalue weighted by Gasteiger charge is 2.82. The molecule has 0 unspecified atom stereocenters. The van der Waals surface area contributed by atoms with E-state index < -0.39 is 9.85 Å². The molecule has 26 heavy (non-hydrogen) atoms. The lowest BCUT2D eigenvalue weighted by molar-refractivity contribution is -0.393. The van der Waals surface area contributed by atoms with Crippen molar-refractivity contribution in [3.8, 4) is 0 Å². The number of hydrazone groups is 1. The number of benzene rings is 1. The summed E-state index contributed by atoms with van der Waals surface area (Å²) in [5.41, 5.74) is 3.72. The number of anilines is 1. The zero-order chi connectivity index (χ0) is 17.9. The number of non-ortho nitro benzene ring substituents is 1. The van der Waals surface area contributed by atoms with Crippen LogP contribution in [-0.4, -0.2) is 19.5 Å². The third kappa shape index (κ3) is 1.55. The van der Waals surface area contributed by atoms with Gasteiger partial charge in [0.15, 0.2) is 0 Å². The van der Waals surface area contributed by atoms with Crippen LogP contribution in [0.2, 0.25) is 0 Å². The SMILES string of the molecule is O=[N+]([O-])c1ccc(N/N=C2/[C@@H]3[C@@H]4C[C@H]5[C@H]6[C@H](I)[C@@H]([C@@H]2[C@@H]46)[C@@H]53)c([N+](=O)[O-])c1. The average Bonchev–Trinajstić information content (AvgIpc) is 3.35. The molecule has 0 amide bonds. The quantitative estimate of drug-likeness (QED) is 0.316. The highest BCUT2D eigenvalue weighted by atomic mass is 127. The zero-order valence-electron chi connectivity index (χ0n) is 13.5. The molecule has 1 N–H and O–H groups in total. The van der Waals surface area contributed by atoms with Crippen molar-refractivity contribution in [2.75, 3.05) is 5.43 Å². The van der Waals surface area contributed by atoms with Gasteiger partial charge in [-0.05, 0) is 48.0 Å². The smallest absolute Gasteiger partial charge is 0.272 e. The molecule has 6 fully saturated rings. The summed E-state index contributed by atoms with van der Waals surface area (Å²) in [7, 11) is 0. The molecule has 6 saturated carbocycles. The molecule has 6 aliphatic rings. The number of halogens is 1. The zero-order valence-corrected chi connectivity index (χ0v) is 15.6. The second kappa shape index (κ2) is 4.73. The van der Waals surface area contributed by atoms with E-state index in [1.807, 2.05) is 0 Å². The molecule has 1 aromatic rings. The number of nitrogens with zero attached hydrogens (tertiary/aromatic N) is 3. The Balaban J connectivity index is 1.35. The van der Waals surface area contributed by atoms with E-state index in [9.17, 15) is 20.2 Å². The van der Waals surface area contributed by atoms with Crippen LogP contribution in [-0.2, 0) is 0 Å². The third-order valence-corrected chi connectivity index (χ3v) is 9.40. The van der Waals surface area contributed by atoms with Gasteiger partial charge in [-0.3, -0.25) is 25.7 Å². The summed E-state index contributed by atoms with van der Waals surface area (Å²) in [6.45, 7) is 0. The number of alkyl halides is 1. The maximum atomic E-state index is 11.3. The van der Waals surface area contributed by atoms with Crippen LogP contribution in [0.15, 0.2) is 23.3 Å². The number of rotatable bonds is 4. The van der Waals surface area contributed by atoms with Gasteiger partial charge in [0.05, 0.1) is 15.9 Å². The molecule has 0 saturated heterocycles. The third-order valence-electron chi connectivity index (χ3n) is 7.73. The largest absolute Gasteiger partial charge is 0.301 e. The maximum absolute atomic E-state index is 11.3. The average molecular weight is 466 g/mol. The molecule has 0 aromatic heterocycles. The molecule has 1 aromatic carbocycles. The van der Waals surface area contributed by atoms with E-state index in [1.54, 1.807) is 0 Å². The Morgan fingerprint density at radius 2 is 1.81 bits per heavy atom. The van der Waals surface area contributed by atoms with E-state index >= 15 is 0 Å². The Labute approximate surface area is 161 Å². The van der Waals surface area contributed by atoms with Crippen LogP contribution in [0.25, 0.3) is 0 Å². The van der Waals surface area contributed by atoms with E-state index in [0.29, 0.717) is 11.8 Å². The number of nitro benzene ring substituents is 2. The van der Waals surface area contributed by atoms with E-state index in [-0.39, 0.29) is 17.1 Å². The van der Waals surface area contributed by atoms with Crippen molar-refractivity contribution in [3.05, 3.63) is 38.4 Å². The highest BCUT2D eigenvalue weighted by molar-refractivity contribution is 14.1. The number of nitro groups is 2. The van der Waals surface area contributed by atoms with Gasteiger partial charge in [0.2, 0.25) is 0 Å². The van der Waals surface area contributed by atoms with Gasteiger partial charge >= 0.3 is 5.69 Å². The van der Waals surface area contributed by atoms with Gasteiger partial charge in [0, 0.05) is 27.5 Å². The minimum atomic E-state index is -0.626. The molecule has 6 bridgehead atoms. The van der Waals surface area contributed by atoms with E-state index in [1.165, 1.54) is 24.3 Å². The summed E-state index contributed by atoms with van der Waals surface area (Å²) in [6.07, 6.45) is 1.34. The molecule has 7 rings (SSSR count). The maximum Gasteiger partial charge on any atom is 0.301 e. The van der Waals surface area contributed by atoms with Crippen molar-refractivity contribution in [2.45, 2.75) is 10.3 Å². The Hall–Kier alpha value is -1.78. The van der Waals surface area contributed by atoms with Gasteiger partial charge in [-0.2, -0.15) is 5.10 Å². The molecule has 9 atom stereocenters. The first-order valence-electron chi connectivity index (χ1n) is 8.89. The first kappa shape index (κ1) is 15.3. The fourth-order valence-corrected chi connectivity index (χ4v) is 9.32. The first-order valence-corrected chi connectivity index (χ1v) is 10.1. The lowest BCUT2D eigenvalue weighted by Crippen LogP contribution is -2.30. The summed E-state index contributed by atoms with van der Waals surface area (Å²) in [5.74, 6) is 5.89. The first-order chi connectivity index (χ1) is 12.5. The molecule has 0 aliphatic heterocycles. The van der Waals surface area contributed by atoms with E-state index in [0.717, 1.165) is 45.5 Å². The predicted molar refractivity (Wildman–Crippen MR) is 101 cm³/mol. The summed E-state index contributed by atoms with van der Waals surface area (Å²) >= 11 is 2.65. The van der Waals surface area contributed by atoms with Gasteiger partial charge < -0.3 is 0 Å².